The molecule has 3 unspecified atom stereocenters. The molecule has 0 rings (SSSR count). The molecule has 3 N–H and O–H groups in total. The average Bonchev–Trinajstić information content (AvgIpc) is 2.15. The van der Waals surface area contributed by atoms with Crippen molar-refractivity contribution in [3.8, 4) is 0 Å². The number of esters is 1. The van der Waals surface area contributed by atoms with Gasteiger partial charge < -0.3 is 15.8 Å². The molecule has 0 aliphatic rings. The number of carbonyl (C=O) groups excluding carboxylic acids is 2. The zero-order valence-electron chi connectivity index (χ0n) is 9.74. The molecule has 0 aromatic carbocycles. The van der Waals surface area contributed by atoms with E-state index in [2.05, 4.69) is 10.1 Å². The summed E-state index contributed by atoms with van der Waals surface area (Å²) in [6, 6.07) is -0.341. The summed E-state index contributed by atoms with van der Waals surface area (Å²) in [5, 5.41) is 3.01. The van der Waals surface area contributed by atoms with Crippen molar-refractivity contribution < 1.29 is 14.3 Å². The first-order chi connectivity index (χ1) is 6.88. The van der Waals surface area contributed by atoms with Gasteiger partial charge in [-0.05, 0) is 20.3 Å². The number of nitrogens with one attached hydrogen (secondary N) is 1. The normalized spacial score (nSPS) is 16.5. The quantitative estimate of drug-likeness (QED) is 0.614. The predicted molar refractivity (Wildman–Crippen MR) is 57.1 cm³/mol. The average molecular weight is 216 g/mol. The third-order valence-electron chi connectivity index (χ3n) is 2.27. The minimum Gasteiger partial charge on any atom is -0.469 e. The summed E-state index contributed by atoms with van der Waals surface area (Å²) >= 11 is 0. The van der Waals surface area contributed by atoms with Crippen LogP contribution in [0, 0.1) is 5.92 Å². The number of hydrogen-bond donors (Lipinski definition) is 2. The van der Waals surface area contributed by atoms with Crippen molar-refractivity contribution in [3.63, 3.8) is 0 Å². The van der Waals surface area contributed by atoms with Gasteiger partial charge in [0.15, 0.2) is 0 Å². The molecule has 0 aliphatic carbocycles. The second-order valence-electron chi connectivity index (χ2n) is 3.85. The van der Waals surface area contributed by atoms with E-state index >= 15 is 0 Å². The van der Waals surface area contributed by atoms with Crippen LogP contribution in [0.1, 0.15) is 27.2 Å². The van der Waals surface area contributed by atoms with E-state index in [1.165, 1.54) is 7.11 Å². The molecule has 0 aromatic heterocycles. The standard InChI is InChI=1S/C10H20N2O3/c1-6(10(14)15-4)5-7(2)12-8(3)9(11)13/h6-8,12H,5H2,1-4H3,(H2,11,13). The number of nitrogens with two attached hydrogens (primary N) is 1. The molecule has 3 atom stereocenters. The summed E-state index contributed by atoms with van der Waals surface area (Å²) < 4.78 is 4.61. The second kappa shape index (κ2) is 6.40. The molecular formula is C10H20N2O3. The van der Waals surface area contributed by atoms with E-state index in [0.29, 0.717) is 6.42 Å². The molecule has 0 aliphatic heterocycles. The molecule has 0 bridgehead atoms. The Hall–Kier alpha value is -1.10. The fraction of sp³-hybridized carbons (Fsp3) is 0.800. The minimum atomic E-state index is -0.396. The molecule has 0 spiro atoms. The van der Waals surface area contributed by atoms with Crippen LogP contribution in [0.3, 0.4) is 0 Å². The molecule has 5 heteroatoms. The Morgan fingerprint density at radius 3 is 2.27 bits per heavy atom. The third kappa shape index (κ3) is 5.37. The summed E-state index contributed by atoms with van der Waals surface area (Å²) in [4.78, 5) is 21.9. The second-order valence-corrected chi connectivity index (χ2v) is 3.85. The Morgan fingerprint density at radius 2 is 1.87 bits per heavy atom. The van der Waals surface area contributed by atoms with E-state index in [0.717, 1.165) is 0 Å². The van der Waals surface area contributed by atoms with Gasteiger partial charge in [0.25, 0.3) is 0 Å². The molecule has 5 nitrogen and oxygen atoms in total. The molecule has 0 saturated heterocycles. The number of carbonyl (C=O) groups is 2. The maximum absolute atomic E-state index is 11.1. The smallest absolute Gasteiger partial charge is 0.308 e. The molecule has 0 radical (unpaired) electrons. The largest absolute Gasteiger partial charge is 0.469 e. The number of primary amides is 1. The van der Waals surface area contributed by atoms with Crippen LogP contribution in [0.25, 0.3) is 0 Å². The number of amides is 1. The first kappa shape index (κ1) is 13.9. The van der Waals surface area contributed by atoms with E-state index in [1.807, 2.05) is 6.92 Å². The van der Waals surface area contributed by atoms with Crippen molar-refractivity contribution in [1.29, 1.82) is 0 Å². The molecular weight excluding hydrogens is 196 g/mol. The van der Waals surface area contributed by atoms with Gasteiger partial charge in [-0.2, -0.15) is 0 Å². The fourth-order valence-corrected chi connectivity index (χ4v) is 1.40. The maximum atomic E-state index is 11.1. The predicted octanol–water partition coefficient (Wildman–Crippen LogP) is 0.0375. The zero-order chi connectivity index (χ0) is 12.0. The molecule has 0 saturated carbocycles. The van der Waals surface area contributed by atoms with E-state index in [4.69, 9.17) is 5.73 Å². The van der Waals surface area contributed by atoms with Crippen LogP contribution in [-0.2, 0) is 14.3 Å². The lowest BCUT2D eigenvalue weighted by Crippen LogP contribution is -2.44. The van der Waals surface area contributed by atoms with Gasteiger partial charge in [0.2, 0.25) is 5.91 Å². The summed E-state index contributed by atoms with van der Waals surface area (Å²) in [6.45, 7) is 5.39. The number of ether oxygens (including phenoxy) is 1. The van der Waals surface area contributed by atoms with E-state index in [1.54, 1.807) is 13.8 Å². The van der Waals surface area contributed by atoms with E-state index < -0.39 is 5.91 Å². The highest BCUT2D eigenvalue weighted by molar-refractivity contribution is 5.79. The Bertz CT molecular complexity index is 231. The van der Waals surface area contributed by atoms with E-state index in [9.17, 15) is 9.59 Å². The fourth-order valence-electron chi connectivity index (χ4n) is 1.40. The Balaban J connectivity index is 3.97. The van der Waals surface area contributed by atoms with Crippen molar-refractivity contribution >= 4 is 11.9 Å². The van der Waals surface area contributed by atoms with Crippen molar-refractivity contribution in [2.24, 2.45) is 11.7 Å². The SMILES string of the molecule is COC(=O)C(C)CC(C)NC(C)C(N)=O. The third-order valence-corrected chi connectivity index (χ3v) is 2.27. The molecule has 0 heterocycles. The topological polar surface area (TPSA) is 81.4 Å². The molecule has 88 valence electrons. The van der Waals surface area contributed by atoms with Gasteiger partial charge in [-0.3, -0.25) is 9.59 Å². The summed E-state index contributed by atoms with van der Waals surface area (Å²) in [5.41, 5.74) is 5.11. The maximum Gasteiger partial charge on any atom is 0.308 e. The van der Waals surface area contributed by atoms with Gasteiger partial charge in [-0.25, -0.2) is 0 Å². The molecule has 0 fully saturated rings. The van der Waals surface area contributed by atoms with Gasteiger partial charge in [0, 0.05) is 6.04 Å². The Labute approximate surface area is 90.4 Å². The van der Waals surface area contributed by atoms with Crippen molar-refractivity contribution in [1.82, 2.24) is 5.32 Å². The number of rotatable bonds is 6. The first-order valence-electron chi connectivity index (χ1n) is 5.01. The lowest BCUT2D eigenvalue weighted by molar-refractivity contribution is -0.145. The van der Waals surface area contributed by atoms with Crippen LogP contribution in [0.2, 0.25) is 0 Å². The molecule has 0 aromatic rings. The minimum absolute atomic E-state index is 0.0431. The van der Waals surface area contributed by atoms with E-state index in [-0.39, 0.29) is 24.0 Å². The van der Waals surface area contributed by atoms with Crippen LogP contribution in [0.4, 0.5) is 0 Å². The number of methoxy groups -OCH3 is 1. The van der Waals surface area contributed by atoms with Gasteiger partial charge >= 0.3 is 5.97 Å². The monoisotopic (exact) mass is 216 g/mol. The lowest BCUT2D eigenvalue weighted by atomic mass is 10.0. The van der Waals surface area contributed by atoms with Crippen LogP contribution < -0.4 is 11.1 Å². The zero-order valence-corrected chi connectivity index (χ0v) is 9.74. The van der Waals surface area contributed by atoms with Gasteiger partial charge in [-0.1, -0.05) is 6.92 Å². The lowest BCUT2D eigenvalue weighted by Gasteiger charge is -2.19. The number of hydrogen-bond acceptors (Lipinski definition) is 4. The van der Waals surface area contributed by atoms with Crippen LogP contribution in [-0.4, -0.2) is 31.1 Å². The molecule has 1 amide bonds. The highest BCUT2D eigenvalue weighted by Gasteiger charge is 2.18. The van der Waals surface area contributed by atoms with Gasteiger partial charge in [0.1, 0.15) is 0 Å². The summed E-state index contributed by atoms with van der Waals surface area (Å²) in [7, 11) is 1.36. The van der Waals surface area contributed by atoms with Crippen molar-refractivity contribution in [2.45, 2.75) is 39.3 Å². The van der Waals surface area contributed by atoms with Crippen molar-refractivity contribution in [3.05, 3.63) is 0 Å². The molecule has 15 heavy (non-hydrogen) atoms. The summed E-state index contributed by atoms with van der Waals surface area (Å²) in [5.74, 6) is -0.819. The van der Waals surface area contributed by atoms with Crippen molar-refractivity contribution in [2.75, 3.05) is 7.11 Å². The first-order valence-corrected chi connectivity index (χ1v) is 5.01. The van der Waals surface area contributed by atoms with Crippen LogP contribution in [0.5, 0.6) is 0 Å². The van der Waals surface area contributed by atoms with Crippen LogP contribution in [0.15, 0.2) is 0 Å². The highest BCUT2D eigenvalue weighted by Crippen LogP contribution is 2.08. The van der Waals surface area contributed by atoms with Crippen LogP contribution >= 0.6 is 0 Å². The van der Waals surface area contributed by atoms with Gasteiger partial charge in [0.05, 0.1) is 19.1 Å². The van der Waals surface area contributed by atoms with Gasteiger partial charge in [-0.15, -0.1) is 0 Å². The Morgan fingerprint density at radius 1 is 1.33 bits per heavy atom. The highest BCUT2D eigenvalue weighted by atomic mass is 16.5. The Kier molecular flexibility index (Phi) is 5.93. The summed E-state index contributed by atoms with van der Waals surface area (Å²) in [6.07, 6.45) is 0.615.